The van der Waals surface area contributed by atoms with Gasteiger partial charge in [-0.15, -0.1) is 13.2 Å². The Kier molecular flexibility index (Phi) is 5.36. The lowest BCUT2D eigenvalue weighted by molar-refractivity contribution is -0.274. The van der Waals surface area contributed by atoms with Gasteiger partial charge in [-0.1, -0.05) is 11.3 Å². The van der Waals surface area contributed by atoms with E-state index in [9.17, 15) is 22.8 Å². The predicted octanol–water partition coefficient (Wildman–Crippen LogP) is 2.15. The van der Waals surface area contributed by atoms with Crippen molar-refractivity contribution in [2.24, 2.45) is 5.73 Å². The fourth-order valence-electron chi connectivity index (χ4n) is 2.74. The number of nitrogens with one attached hydrogen (secondary N) is 1. The number of halogens is 3. The number of benzene rings is 1. The van der Waals surface area contributed by atoms with Gasteiger partial charge in [-0.3, -0.25) is 9.59 Å². The van der Waals surface area contributed by atoms with Gasteiger partial charge in [0, 0.05) is 6.07 Å². The topological polar surface area (TPSA) is 97.6 Å². The molecule has 3 N–H and O–H groups in total. The molecule has 1 aromatic heterocycles. The molecule has 2 heterocycles. The Labute approximate surface area is 156 Å². The van der Waals surface area contributed by atoms with Crippen LogP contribution in [0.3, 0.4) is 0 Å². The molecule has 0 unspecified atom stereocenters. The molecule has 2 atom stereocenters. The smallest absolute Gasteiger partial charge is 0.406 e. The third kappa shape index (κ3) is 4.37. The molecule has 146 valence electrons. The van der Waals surface area contributed by atoms with Crippen LogP contribution in [0.1, 0.15) is 19.8 Å². The van der Waals surface area contributed by atoms with Gasteiger partial charge < -0.3 is 15.8 Å². The van der Waals surface area contributed by atoms with E-state index in [-0.39, 0.29) is 5.13 Å². The summed E-state index contributed by atoms with van der Waals surface area (Å²) in [6, 6.07) is 2.16. The molecule has 0 spiro atoms. The number of ether oxygens (including phenoxy) is 1. The second-order valence-electron chi connectivity index (χ2n) is 6.12. The number of thiazole rings is 1. The van der Waals surface area contributed by atoms with Crippen molar-refractivity contribution in [3.05, 3.63) is 18.2 Å². The Morgan fingerprint density at radius 1 is 1.44 bits per heavy atom. The number of rotatable bonds is 4. The molecule has 7 nitrogen and oxygen atoms in total. The van der Waals surface area contributed by atoms with Crippen molar-refractivity contribution in [1.82, 2.24) is 10.3 Å². The van der Waals surface area contributed by atoms with Crippen LogP contribution < -0.4 is 20.7 Å². The van der Waals surface area contributed by atoms with Crippen molar-refractivity contribution in [3.63, 3.8) is 0 Å². The summed E-state index contributed by atoms with van der Waals surface area (Å²) in [5, 5.41) is 3.08. The number of fused-ring (bicyclic) bond motifs is 1. The molecule has 0 aliphatic carbocycles. The first-order valence-electron chi connectivity index (χ1n) is 8.19. The highest BCUT2D eigenvalue weighted by Gasteiger charge is 2.35. The molecule has 3 rings (SSSR count). The van der Waals surface area contributed by atoms with Crippen molar-refractivity contribution >= 4 is 38.5 Å². The summed E-state index contributed by atoms with van der Waals surface area (Å²) in [7, 11) is 0. The van der Waals surface area contributed by atoms with Crippen LogP contribution in [-0.4, -0.2) is 41.8 Å². The van der Waals surface area contributed by atoms with Gasteiger partial charge >= 0.3 is 6.36 Å². The number of carbonyl (C=O) groups excluding carboxylic acids is 2. The van der Waals surface area contributed by atoms with Crippen molar-refractivity contribution in [1.29, 1.82) is 0 Å². The number of carbonyl (C=O) groups is 2. The monoisotopic (exact) mass is 402 g/mol. The summed E-state index contributed by atoms with van der Waals surface area (Å²) in [5.41, 5.74) is 6.01. The van der Waals surface area contributed by atoms with E-state index >= 15 is 0 Å². The lowest BCUT2D eigenvalue weighted by atomic mass is 10.2. The minimum atomic E-state index is -4.82. The number of hydrogen-bond donors (Lipinski definition) is 2. The van der Waals surface area contributed by atoms with Crippen LogP contribution in [0.15, 0.2) is 18.2 Å². The largest absolute Gasteiger partial charge is 0.573 e. The van der Waals surface area contributed by atoms with Crippen molar-refractivity contribution in [2.45, 2.75) is 38.2 Å². The van der Waals surface area contributed by atoms with E-state index in [0.717, 1.165) is 34.8 Å². The van der Waals surface area contributed by atoms with Gasteiger partial charge in [0.15, 0.2) is 5.13 Å². The highest BCUT2D eigenvalue weighted by Crippen LogP contribution is 2.34. The standard InChI is InChI=1S/C16H17F3N4O3S/c1-8(20)13(24)23(14(25)11-3-2-6-21-11)15-22-10-5-4-9(7-12(10)27-15)26-16(17,18)19/h4-5,7-8,11,21H,2-3,6,20H2,1H3/t8-,11+/m1/s1. The third-order valence-corrected chi connectivity index (χ3v) is 4.97. The molecule has 1 aliphatic heterocycles. The number of imide groups is 1. The first-order chi connectivity index (χ1) is 12.7. The van der Waals surface area contributed by atoms with E-state index in [0.29, 0.717) is 23.2 Å². The zero-order valence-corrected chi connectivity index (χ0v) is 15.1. The van der Waals surface area contributed by atoms with Crippen LogP contribution in [-0.2, 0) is 9.59 Å². The Bertz CT molecular complexity index is 862. The first-order valence-corrected chi connectivity index (χ1v) is 9.00. The van der Waals surface area contributed by atoms with Crippen LogP contribution >= 0.6 is 11.3 Å². The second-order valence-corrected chi connectivity index (χ2v) is 7.13. The predicted molar refractivity (Wildman–Crippen MR) is 93.5 cm³/mol. The molecular formula is C16H17F3N4O3S. The SMILES string of the molecule is C[C@@H](N)C(=O)N(C(=O)[C@@H]1CCCN1)c1nc2ccc(OC(F)(F)F)cc2s1. The quantitative estimate of drug-likeness (QED) is 0.813. The van der Waals surface area contributed by atoms with Crippen LogP contribution in [0.25, 0.3) is 10.2 Å². The Balaban J connectivity index is 1.97. The average Bonchev–Trinajstić information content (AvgIpc) is 3.22. The zero-order valence-electron chi connectivity index (χ0n) is 14.2. The number of alkyl halides is 3. The van der Waals surface area contributed by atoms with Gasteiger partial charge in [-0.05, 0) is 38.4 Å². The molecular weight excluding hydrogens is 385 g/mol. The number of nitrogens with two attached hydrogens (primary N) is 1. The summed E-state index contributed by atoms with van der Waals surface area (Å²) in [4.78, 5) is 30.5. The molecule has 0 bridgehead atoms. The van der Waals surface area contributed by atoms with Crippen LogP contribution in [0.5, 0.6) is 5.75 Å². The molecule has 1 aromatic carbocycles. The van der Waals surface area contributed by atoms with Gasteiger partial charge in [0.2, 0.25) is 0 Å². The third-order valence-electron chi connectivity index (χ3n) is 3.96. The molecule has 0 saturated carbocycles. The molecule has 11 heteroatoms. The first kappa shape index (κ1) is 19.5. The maximum atomic E-state index is 12.8. The Morgan fingerprint density at radius 2 is 2.19 bits per heavy atom. The fraction of sp³-hybridized carbons (Fsp3) is 0.438. The van der Waals surface area contributed by atoms with Crippen molar-refractivity contribution in [3.8, 4) is 5.75 Å². The summed E-state index contributed by atoms with van der Waals surface area (Å²) >= 11 is 0.921. The Morgan fingerprint density at radius 3 is 2.78 bits per heavy atom. The van der Waals surface area contributed by atoms with Crippen LogP contribution in [0.2, 0.25) is 0 Å². The van der Waals surface area contributed by atoms with Gasteiger partial charge in [-0.25, -0.2) is 9.88 Å². The van der Waals surface area contributed by atoms with E-state index < -0.39 is 36.0 Å². The second kappa shape index (κ2) is 7.41. The normalized spacial score (nSPS) is 18.5. The summed E-state index contributed by atoms with van der Waals surface area (Å²) in [6.45, 7) is 2.11. The zero-order chi connectivity index (χ0) is 19.8. The average molecular weight is 402 g/mol. The number of amides is 2. The molecule has 1 fully saturated rings. The van der Waals surface area contributed by atoms with Crippen LogP contribution in [0, 0.1) is 0 Å². The number of aromatic nitrogens is 1. The molecule has 27 heavy (non-hydrogen) atoms. The summed E-state index contributed by atoms with van der Waals surface area (Å²) in [5.74, 6) is -1.50. The molecule has 1 saturated heterocycles. The fourth-order valence-corrected chi connectivity index (χ4v) is 3.74. The van der Waals surface area contributed by atoms with E-state index in [1.165, 1.54) is 13.0 Å². The Hall–Kier alpha value is -2.24. The van der Waals surface area contributed by atoms with Gasteiger partial charge in [0.05, 0.1) is 22.3 Å². The van der Waals surface area contributed by atoms with Crippen molar-refractivity contribution < 1.29 is 27.5 Å². The highest BCUT2D eigenvalue weighted by molar-refractivity contribution is 7.22. The summed E-state index contributed by atoms with van der Waals surface area (Å²) < 4.78 is 41.4. The van der Waals surface area contributed by atoms with Crippen LogP contribution in [0.4, 0.5) is 18.3 Å². The van der Waals surface area contributed by atoms with E-state index in [4.69, 9.17) is 5.73 Å². The molecule has 0 radical (unpaired) electrons. The lowest BCUT2D eigenvalue weighted by Gasteiger charge is -2.23. The highest BCUT2D eigenvalue weighted by atomic mass is 32.1. The van der Waals surface area contributed by atoms with Crippen molar-refractivity contribution in [2.75, 3.05) is 11.4 Å². The maximum Gasteiger partial charge on any atom is 0.573 e. The maximum absolute atomic E-state index is 12.8. The van der Waals surface area contributed by atoms with Gasteiger partial charge in [0.25, 0.3) is 11.8 Å². The van der Waals surface area contributed by atoms with E-state index in [2.05, 4.69) is 15.0 Å². The number of hydrogen-bond acceptors (Lipinski definition) is 7. The molecule has 1 aliphatic rings. The number of nitrogens with zero attached hydrogens (tertiary/aromatic N) is 2. The summed E-state index contributed by atoms with van der Waals surface area (Å²) in [6.07, 6.45) is -3.44. The minimum absolute atomic E-state index is 0.0650. The molecule has 2 aromatic rings. The molecule has 2 amide bonds. The minimum Gasteiger partial charge on any atom is -0.406 e. The van der Waals surface area contributed by atoms with Gasteiger partial charge in [-0.2, -0.15) is 0 Å². The number of anilines is 1. The van der Waals surface area contributed by atoms with E-state index in [1.807, 2.05) is 0 Å². The van der Waals surface area contributed by atoms with Gasteiger partial charge in [0.1, 0.15) is 5.75 Å². The van der Waals surface area contributed by atoms with E-state index in [1.54, 1.807) is 0 Å². The lowest BCUT2D eigenvalue weighted by Crippen LogP contribution is -2.51.